The van der Waals surface area contributed by atoms with Crippen molar-refractivity contribution < 1.29 is 9.59 Å². The second kappa shape index (κ2) is 6.95. The third-order valence-electron chi connectivity index (χ3n) is 3.19. The summed E-state index contributed by atoms with van der Waals surface area (Å²) in [6, 6.07) is 0. The van der Waals surface area contributed by atoms with E-state index in [2.05, 4.69) is 4.90 Å². The van der Waals surface area contributed by atoms with Crippen LogP contribution in [0, 0.1) is 5.92 Å². The summed E-state index contributed by atoms with van der Waals surface area (Å²) in [7, 11) is 3.51. The Bertz CT molecular complexity index is 302. The van der Waals surface area contributed by atoms with Gasteiger partial charge in [-0.25, -0.2) is 0 Å². The molecule has 1 aliphatic heterocycles. The van der Waals surface area contributed by atoms with Gasteiger partial charge in [0, 0.05) is 52.1 Å². The number of hydrogen-bond donors (Lipinski definition) is 0. The molecule has 1 unspecified atom stereocenters. The molecule has 0 saturated carbocycles. The van der Waals surface area contributed by atoms with Crippen LogP contribution in [0.2, 0.25) is 0 Å². The quantitative estimate of drug-likeness (QED) is 0.684. The highest BCUT2D eigenvalue weighted by Crippen LogP contribution is 2.08. The molecule has 0 aliphatic carbocycles. The Morgan fingerprint density at radius 3 is 2.22 bits per heavy atom. The molecule has 6 heteroatoms. The zero-order valence-corrected chi connectivity index (χ0v) is 12.1. The van der Waals surface area contributed by atoms with Crippen LogP contribution < -0.4 is 0 Å². The van der Waals surface area contributed by atoms with Gasteiger partial charge < -0.3 is 9.80 Å². The first-order valence-electron chi connectivity index (χ1n) is 6.23. The molecule has 5 nitrogen and oxygen atoms in total. The Balaban J connectivity index is 2.37. The van der Waals surface area contributed by atoms with E-state index in [1.54, 1.807) is 19.0 Å². The largest absolute Gasteiger partial charge is 0.348 e. The number of amides is 2. The minimum absolute atomic E-state index is 0.101. The maximum atomic E-state index is 11.9. The summed E-state index contributed by atoms with van der Waals surface area (Å²) < 4.78 is 0. The molecular formula is C12H22ClN3O2. The molecule has 18 heavy (non-hydrogen) atoms. The van der Waals surface area contributed by atoms with Crippen molar-refractivity contribution in [3.8, 4) is 0 Å². The molecule has 0 aromatic carbocycles. The highest BCUT2D eigenvalue weighted by molar-refractivity contribution is 6.19. The fraction of sp³-hybridized carbons (Fsp3) is 0.833. The van der Waals surface area contributed by atoms with Gasteiger partial charge in [-0.2, -0.15) is 0 Å². The molecule has 0 aromatic heterocycles. The maximum Gasteiger partial charge on any atom is 0.236 e. The normalized spacial score (nSPS) is 18.6. The molecule has 1 rings (SSSR count). The SMILES string of the molecule is CC(CCl)C(=O)N1CCN(CC(=O)N(C)C)CC1. The molecule has 1 saturated heterocycles. The fourth-order valence-corrected chi connectivity index (χ4v) is 1.97. The number of halogens is 1. The van der Waals surface area contributed by atoms with Crippen molar-refractivity contribution in [2.45, 2.75) is 6.92 Å². The van der Waals surface area contributed by atoms with Gasteiger partial charge in [-0.15, -0.1) is 11.6 Å². The Labute approximate surface area is 114 Å². The van der Waals surface area contributed by atoms with Gasteiger partial charge in [0.05, 0.1) is 6.54 Å². The third kappa shape index (κ3) is 4.14. The predicted octanol–water partition coefficient (Wildman–Crippen LogP) is 0.0937. The maximum absolute atomic E-state index is 11.9. The second-order valence-electron chi connectivity index (χ2n) is 4.94. The summed E-state index contributed by atoms with van der Waals surface area (Å²) in [6.07, 6.45) is 0. The summed E-state index contributed by atoms with van der Waals surface area (Å²) in [6.45, 7) is 5.14. The molecule has 1 fully saturated rings. The van der Waals surface area contributed by atoms with E-state index in [1.807, 2.05) is 11.8 Å². The monoisotopic (exact) mass is 275 g/mol. The summed E-state index contributed by atoms with van der Waals surface area (Å²) in [5.74, 6) is 0.451. The van der Waals surface area contributed by atoms with Crippen LogP contribution >= 0.6 is 11.6 Å². The van der Waals surface area contributed by atoms with Crippen LogP contribution in [0.25, 0.3) is 0 Å². The summed E-state index contributed by atoms with van der Waals surface area (Å²) >= 11 is 5.69. The second-order valence-corrected chi connectivity index (χ2v) is 5.25. The van der Waals surface area contributed by atoms with Crippen molar-refractivity contribution in [3.05, 3.63) is 0 Å². The Hall–Kier alpha value is -0.810. The van der Waals surface area contributed by atoms with Crippen molar-refractivity contribution >= 4 is 23.4 Å². The van der Waals surface area contributed by atoms with E-state index in [0.717, 1.165) is 13.1 Å². The first-order valence-corrected chi connectivity index (χ1v) is 6.76. The number of piperazine rings is 1. The molecule has 0 spiro atoms. The number of hydrogen-bond acceptors (Lipinski definition) is 3. The van der Waals surface area contributed by atoms with Gasteiger partial charge >= 0.3 is 0 Å². The minimum atomic E-state index is -0.123. The molecule has 0 N–H and O–H groups in total. The van der Waals surface area contributed by atoms with E-state index < -0.39 is 0 Å². The lowest BCUT2D eigenvalue weighted by atomic mass is 10.1. The number of rotatable bonds is 4. The molecule has 2 amide bonds. The number of carbonyl (C=O) groups is 2. The van der Waals surface area contributed by atoms with Crippen LogP contribution in [0.5, 0.6) is 0 Å². The van der Waals surface area contributed by atoms with Gasteiger partial charge in [-0.05, 0) is 0 Å². The van der Waals surface area contributed by atoms with E-state index in [1.165, 1.54) is 0 Å². The van der Waals surface area contributed by atoms with Crippen molar-refractivity contribution in [2.24, 2.45) is 5.92 Å². The molecule has 104 valence electrons. The number of nitrogens with zero attached hydrogens (tertiary/aromatic N) is 3. The molecule has 1 heterocycles. The third-order valence-corrected chi connectivity index (χ3v) is 3.66. The van der Waals surface area contributed by atoms with E-state index >= 15 is 0 Å². The average molecular weight is 276 g/mol. The van der Waals surface area contributed by atoms with Gasteiger partial charge in [0.25, 0.3) is 0 Å². The van der Waals surface area contributed by atoms with Gasteiger partial charge in [-0.3, -0.25) is 14.5 Å². The fourth-order valence-electron chi connectivity index (χ4n) is 1.84. The number of carbonyl (C=O) groups excluding carboxylic acids is 2. The lowest BCUT2D eigenvalue weighted by molar-refractivity contribution is -0.136. The van der Waals surface area contributed by atoms with Crippen molar-refractivity contribution in [1.29, 1.82) is 0 Å². The molecule has 1 atom stereocenters. The van der Waals surface area contributed by atoms with E-state index in [-0.39, 0.29) is 17.7 Å². The predicted molar refractivity (Wildman–Crippen MR) is 71.6 cm³/mol. The topological polar surface area (TPSA) is 43.9 Å². The Kier molecular flexibility index (Phi) is 5.88. The van der Waals surface area contributed by atoms with Crippen LogP contribution in [-0.2, 0) is 9.59 Å². The molecule has 0 radical (unpaired) electrons. The van der Waals surface area contributed by atoms with Crippen LogP contribution in [0.15, 0.2) is 0 Å². The van der Waals surface area contributed by atoms with Crippen molar-refractivity contribution in [3.63, 3.8) is 0 Å². The molecule has 0 aromatic rings. The molecule has 1 aliphatic rings. The van der Waals surface area contributed by atoms with Crippen LogP contribution in [0.3, 0.4) is 0 Å². The summed E-state index contributed by atoms with van der Waals surface area (Å²) in [4.78, 5) is 29.0. The molecular weight excluding hydrogens is 254 g/mol. The Morgan fingerprint density at radius 1 is 1.22 bits per heavy atom. The average Bonchev–Trinajstić information content (AvgIpc) is 2.37. The lowest BCUT2D eigenvalue weighted by Crippen LogP contribution is -2.52. The smallest absolute Gasteiger partial charge is 0.236 e. The van der Waals surface area contributed by atoms with Crippen molar-refractivity contribution in [1.82, 2.24) is 14.7 Å². The van der Waals surface area contributed by atoms with Gasteiger partial charge in [-0.1, -0.05) is 6.92 Å². The zero-order chi connectivity index (χ0) is 13.7. The van der Waals surface area contributed by atoms with E-state index in [0.29, 0.717) is 25.5 Å². The summed E-state index contributed by atoms with van der Waals surface area (Å²) in [5, 5.41) is 0. The zero-order valence-electron chi connectivity index (χ0n) is 11.4. The van der Waals surface area contributed by atoms with Crippen LogP contribution in [0.4, 0.5) is 0 Å². The lowest BCUT2D eigenvalue weighted by Gasteiger charge is -2.35. The Morgan fingerprint density at radius 2 is 1.78 bits per heavy atom. The number of alkyl halides is 1. The summed E-state index contributed by atoms with van der Waals surface area (Å²) in [5.41, 5.74) is 0. The first kappa shape index (κ1) is 15.2. The van der Waals surface area contributed by atoms with Gasteiger partial charge in [0.1, 0.15) is 0 Å². The standard InChI is InChI=1S/C12H22ClN3O2/c1-10(8-13)12(18)16-6-4-15(5-7-16)9-11(17)14(2)3/h10H,4-9H2,1-3H3. The number of likely N-dealkylation sites (N-methyl/N-ethyl adjacent to an activating group) is 1. The minimum Gasteiger partial charge on any atom is -0.348 e. The molecule has 0 bridgehead atoms. The van der Waals surface area contributed by atoms with E-state index in [9.17, 15) is 9.59 Å². The van der Waals surface area contributed by atoms with Crippen molar-refractivity contribution in [2.75, 3.05) is 52.7 Å². The van der Waals surface area contributed by atoms with E-state index in [4.69, 9.17) is 11.6 Å². The van der Waals surface area contributed by atoms with Crippen LogP contribution in [-0.4, -0.2) is 79.2 Å². The van der Waals surface area contributed by atoms with Gasteiger partial charge in [0.2, 0.25) is 11.8 Å². The highest BCUT2D eigenvalue weighted by Gasteiger charge is 2.25. The highest BCUT2D eigenvalue weighted by atomic mass is 35.5. The van der Waals surface area contributed by atoms with Gasteiger partial charge in [0.15, 0.2) is 0 Å². The van der Waals surface area contributed by atoms with Crippen LogP contribution in [0.1, 0.15) is 6.92 Å². The first-order chi connectivity index (χ1) is 8.45.